The van der Waals surface area contributed by atoms with E-state index in [1.165, 1.54) is 17.4 Å². The predicted octanol–water partition coefficient (Wildman–Crippen LogP) is 2.53. The molecule has 2 aromatic heterocycles. The summed E-state index contributed by atoms with van der Waals surface area (Å²) >= 11 is 1.45. The molecular weight excluding hydrogens is 286 g/mol. The normalized spacial score (nSPS) is 11.0. The van der Waals surface area contributed by atoms with Crippen LogP contribution in [-0.2, 0) is 6.61 Å². The molecule has 3 rings (SSSR count). The average molecular weight is 301 g/mol. The summed E-state index contributed by atoms with van der Waals surface area (Å²) in [4.78, 5) is 17.2. The number of rotatable bonds is 3. The van der Waals surface area contributed by atoms with Gasteiger partial charge in [-0.25, -0.2) is 4.98 Å². The zero-order chi connectivity index (χ0) is 15.0. The maximum atomic E-state index is 12.1. The number of fused-ring (bicyclic) bond motifs is 1. The zero-order valence-electron chi connectivity index (χ0n) is 11.8. The topological polar surface area (TPSA) is 69.6 Å². The SMILES string of the molecule is Cc1cc(N)ccc1OCc1cc(=O)n2c(C)csc2n1. The fourth-order valence-corrected chi connectivity index (χ4v) is 3.05. The van der Waals surface area contributed by atoms with Gasteiger partial charge in [0.1, 0.15) is 12.4 Å². The second-order valence-electron chi connectivity index (χ2n) is 4.89. The van der Waals surface area contributed by atoms with Crippen LogP contribution in [0.5, 0.6) is 5.75 Å². The van der Waals surface area contributed by atoms with E-state index in [4.69, 9.17) is 10.5 Å². The molecule has 0 bridgehead atoms. The molecule has 0 atom stereocenters. The highest BCUT2D eigenvalue weighted by Crippen LogP contribution is 2.21. The van der Waals surface area contributed by atoms with Crippen molar-refractivity contribution in [3.63, 3.8) is 0 Å². The lowest BCUT2D eigenvalue weighted by atomic mass is 10.2. The molecule has 0 aliphatic rings. The van der Waals surface area contributed by atoms with Gasteiger partial charge >= 0.3 is 0 Å². The van der Waals surface area contributed by atoms with Crippen molar-refractivity contribution >= 4 is 22.0 Å². The number of ether oxygens (including phenoxy) is 1. The molecule has 1 aromatic carbocycles. The van der Waals surface area contributed by atoms with E-state index in [9.17, 15) is 4.79 Å². The summed E-state index contributed by atoms with van der Waals surface area (Å²) in [6.45, 7) is 4.08. The van der Waals surface area contributed by atoms with Gasteiger partial charge in [-0.3, -0.25) is 9.20 Å². The Balaban J connectivity index is 1.87. The van der Waals surface area contributed by atoms with E-state index >= 15 is 0 Å². The van der Waals surface area contributed by atoms with Crippen molar-refractivity contribution < 1.29 is 4.74 Å². The Bertz CT molecular complexity index is 867. The van der Waals surface area contributed by atoms with E-state index in [2.05, 4.69) is 4.98 Å². The van der Waals surface area contributed by atoms with Crippen molar-refractivity contribution in [1.29, 1.82) is 0 Å². The molecule has 6 heteroatoms. The van der Waals surface area contributed by atoms with Crippen LogP contribution >= 0.6 is 11.3 Å². The number of benzene rings is 1. The molecule has 108 valence electrons. The van der Waals surface area contributed by atoms with Gasteiger partial charge in [0.2, 0.25) is 0 Å². The lowest BCUT2D eigenvalue weighted by molar-refractivity contribution is 0.299. The number of nitrogen functional groups attached to an aromatic ring is 1. The van der Waals surface area contributed by atoms with E-state index < -0.39 is 0 Å². The van der Waals surface area contributed by atoms with Gasteiger partial charge in [0.15, 0.2) is 4.96 Å². The number of nitrogens with two attached hydrogens (primary N) is 1. The number of hydrogen-bond donors (Lipinski definition) is 1. The Morgan fingerprint density at radius 1 is 1.33 bits per heavy atom. The van der Waals surface area contributed by atoms with Crippen molar-refractivity contribution in [1.82, 2.24) is 9.38 Å². The van der Waals surface area contributed by atoms with E-state index in [0.717, 1.165) is 17.0 Å². The molecule has 0 amide bonds. The molecule has 0 aliphatic heterocycles. The van der Waals surface area contributed by atoms with E-state index in [-0.39, 0.29) is 12.2 Å². The predicted molar refractivity (Wildman–Crippen MR) is 84.0 cm³/mol. The van der Waals surface area contributed by atoms with Gasteiger partial charge in [0, 0.05) is 22.8 Å². The molecule has 0 radical (unpaired) electrons. The van der Waals surface area contributed by atoms with Crippen LogP contribution in [0.25, 0.3) is 4.96 Å². The minimum atomic E-state index is -0.0774. The summed E-state index contributed by atoms with van der Waals surface area (Å²) in [5, 5.41) is 1.92. The molecule has 0 saturated carbocycles. The Labute approximate surface area is 125 Å². The highest BCUT2D eigenvalue weighted by atomic mass is 32.1. The van der Waals surface area contributed by atoms with Gasteiger partial charge in [-0.05, 0) is 37.6 Å². The Morgan fingerprint density at radius 3 is 2.90 bits per heavy atom. The lowest BCUT2D eigenvalue weighted by Crippen LogP contribution is -2.16. The molecule has 5 nitrogen and oxygen atoms in total. The highest BCUT2D eigenvalue weighted by molar-refractivity contribution is 7.15. The number of nitrogens with zero attached hydrogens (tertiary/aromatic N) is 2. The summed E-state index contributed by atoms with van der Waals surface area (Å²) in [6, 6.07) is 6.98. The van der Waals surface area contributed by atoms with Crippen molar-refractivity contribution in [2.45, 2.75) is 20.5 Å². The summed E-state index contributed by atoms with van der Waals surface area (Å²) in [5.41, 5.74) is 8.81. The van der Waals surface area contributed by atoms with Gasteiger partial charge in [-0.2, -0.15) is 0 Å². The van der Waals surface area contributed by atoms with Crippen LogP contribution in [0.15, 0.2) is 34.4 Å². The van der Waals surface area contributed by atoms with Gasteiger partial charge < -0.3 is 10.5 Å². The molecule has 3 aromatic rings. The van der Waals surface area contributed by atoms with Crippen LogP contribution in [0.4, 0.5) is 5.69 Å². The molecule has 21 heavy (non-hydrogen) atoms. The second kappa shape index (κ2) is 5.21. The molecule has 2 N–H and O–H groups in total. The number of hydrogen-bond acceptors (Lipinski definition) is 5. The molecular formula is C15H15N3O2S. The Kier molecular flexibility index (Phi) is 3.39. The highest BCUT2D eigenvalue weighted by Gasteiger charge is 2.07. The van der Waals surface area contributed by atoms with Crippen LogP contribution < -0.4 is 16.0 Å². The van der Waals surface area contributed by atoms with Crippen LogP contribution in [0.3, 0.4) is 0 Å². The zero-order valence-corrected chi connectivity index (χ0v) is 12.6. The summed E-state index contributed by atoms with van der Waals surface area (Å²) in [7, 11) is 0. The van der Waals surface area contributed by atoms with E-state index in [1.807, 2.05) is 31.4 Å². The van der Waals surface area contributed by atoms with E-state index in [1.54, 1.807) is 10.5 Å². The number of anilines is 1. The summed E-state index contributed by atoms with van der Waals surface area (Å²) in [6.07, 6.45) is 0. The third-order valence-electron chi connectivity index (χ3n) is 3.20. The standard InChI is InChI=1S/C15H15N3O2S/c1-9-5-11(16)3-4-13(9)20-7-12-6-14(19)18-10(2)8-21-15(18)17-12/h3-6,8H,7,16H2,1-2H3. The number of thiazole rings is 1. The third kappa shape index (κ3) is 2.62. The first-order chi connectivity index (χ1) is 10.0. The quantitative estimate of drug-likeness (QED) is 0.755. The van der Waals surface area contributed by atoms with Crippen LogP contribution in [0.1, 0.15) is 17.0 Å². The molecule has 0 aliphatic carbocycles. The van der Waals surface area contributed by atoms with Crippen LogP contribution in [-0.4, -0.2) is 9.38 Å². The second-order valence-corrected chi connectivity index (χ2v) is 5.73. The minimum absolute atomic E-state index is 0.0774. The van der Waals surface area contributed by atoms with Crippen LogP contribution in [0, 0.1) is 13.8 Å². The average Bonchev–Trinajstić information content (AvgIpc) is 2.80. The van der Waals surface area contributed by atoms with Crippen LogP contribution in [0.2, 0.25) is 0 Å². The molecule has 0 spiro atoms. The molecule has 0 fully saturated rings. The Morgan fingerprint density at radius 2 is 2.14 bits per heavy atom. The monoisotopic (exact) mass is 301 g/mol. The largest absolute Gasteiger partial charge is 0.487 e. The number of aromatic nitrogens is 2. The number of aryl methyl sites for hydroxylation is 2. The summed E-state index contributed by atoms with van der Waals surface area (Å²) < 4.78 is 7.33. The fourth-order valence-electron chi connectivity index (χ4n) is 2.16. The smallest absolute Gasteiger partial charge is 0.259 e. The molecule has 2 heterocycles. The Hall–Kier alpha value is -2.34. The first kappa shape index (κ1) is 13.6. The van der Waals surface area contributed by atoms with Gasteiger partial charge in [-0.1, -0.05) is 0 Å². The fraction of sp³-hybridized carbons (Fsp3) is 0.200. The van der Waals surface area contributed by atoms with Gasteiger partial charge in [0.05, 0.1) is 5.69 Å². The van der Waals surface area contributed by atoms with Crippen molar-refractivity contribution in [2.24, 2.45) is 0 Å². The maximum Gasteiger partial charge on any atom is 0.259 e. The molecule has 0 unspecified atom stereocenters. The minimum Gasteiger partial charge on any atom is -0.487 e. The summed E-state index contributed by atoms with van der Waals surface area (Å²) in [5.74, 6) is 0.744. The molecule has 0 saturated heterocycles. The third-order valence-corrected chi connectivity index (χ3v) is 4.15. The lowest BCUT2D eigenvalue weighted by Gasteiger charge is -2.09. The van der Waals surface area contributed by atoms with Crippen molar-refractivity contribution in [2.75, 3.05) is 5.73 Å². The maximum absolute atomic E-state index is 12.1. The van der Waals surface area contributed by atoms with Gasteiger partial charge in [0.25, 0.3) is 5.56 Å². The first-order valence-corrected chi connectivity index (χ1v) is 7.38. The van der Waals surface area contributed by atoms with Crippen molar-refractivity contribution in [3.05, 3.63) is 57.0 Å². The van der Waals surface area contributed by atoms with Gasteiger partial charge in [-0.15, -0.1) is 11.3 Å². The first-order valence-electron chi connectivity index (χ1n) is 6.50. The van der Waals surface area contributed by atoms with Crippen molar-refractivity contribution in [3.8, 4) is 5.75 Å². The van der Waals surface area contributed by atoms with E-state index in [0.29, 0.717) is 16.3 Å².